The molecule has 4 heterocycles. The van der Waals surface area contributed by atoms with Crippen LogP contribution in [0.5, 0.6) is 0 Å². The van der Waals surface area contributed by atoms with Gasteiger partial charge >= 0.3 is 21.1 Å². The number of anilines is 1. The lowest BCUT2D eigenvalue weighted by molar-refractivity contribution is -0.199. The number of hydrogen-bond acceptors (Lipinski definition) is 11. The minimum atomic E-state index is -5.50. The Hall–Kier alpha value is -2.85. The highest BCUT2D eigenvalue weighted by Crippen LogP contribution is 2.64. The van der Waals surface area contributed by atoms with Gasteiger partial charge in [-0.05, 0) is 19.4 Å². The van der Waals surface area contributed by atoms with Crippen molar-refractivity contribution in [2.75, 3.05) is 12.3 Å². The molecule has 6 N–H and O–H groups in total. The maximum absolute atomic E-state index is 15.1. The molecular weight excluding hydrogens is 589 g/mol. The molecule has 0 aliphatic carbocycles. The summed E-state index contributed by atoms with van der Waals surface area (Å²) in [5.74, 6) is -2.58. The van der Waals surface area contributed by atoms with Crippen LogP contribution in [0.1, 0.15) is 31.7 Å². The average Bonchev–Trinajstić information content (AvgIpc) is 3.57. The molecule has 0 spiro atoms. The van der Waals surface area contributed by atoms with Gasteiger partial charge in [0, 0.05) is 0 Å². The van der Waals surface area contributed by atoms with E-state index in [0.29, 0.717) is 11.2 Å². The second kappa shape index (κ2) is 10.8. The number of nitrogens with zero attached hydrogens (tertiary/aromatic N) is 4. The number of alkyl halides is 1. The molecule has 0 amide bonds. The number of hydrogen-bond donors (Lipinski definition) is 5. The number of benzene rings is 1. The first kappa shape index (κ1) is 29.6. The van der Waals surface area contributed by atoms with Crippen molar-refractivity contribution in [1.29, 1.82) is 0 Å². The number of aromatic nitrogens is 4. The zero-order valence-electron chi connectivity index (χ0n) is 21.6. The highest BCUT2D eigenvalue weighted by molar-refractivity contribution is 7.72. The van der Waals surface area contributed by atoms with Crippen molar-refractivity contribution in [3.8, 4) is 0 Å². The van der Waals surface area contributed by atoms with E-state index < -0.39 is 69.7 Å². The molecule has 41 heavy (non-hydrogen) atoms. The minimum absolute atomic E-state index is 0.0201. The number of carbonyl (C=O) groups is 1. The van der Waals surface area contributed by atoms with E-state index in [1.165, 1.54) is 41.5 Å². The summed E-state index contributed by atoms with van der Waals surface area (Å²) in [7, 11) is -10.9. The van der Waals surface area contributed by atoms with Crippen LogP contribution < -0.4 is 10.8 Å². The molecule has 1 aromatic carbocycles. The third-order valence-electron chi connectivity index (χ3n) is 6.46. The fourth-order valence-corrected chi connectivity index (χ4v) is 7.90. The summed E-state index contributed by atoms with van der Waals surface area (Å²) in [6, 6.07) is 5.32. The highest BCUT2D eigenvalue weighted by Gasteiger charge is 2.57. The molecule has 16 nitrogen and oxygen atoms in total. The van der Waals surface area contributed by atoms with E-state index in [1.54, 1.807) is 25.0 Å². The zero-order valence-corrected chi connectivity index (χ0v) is 23.3. The molecule has 0 radical (unpaired) electrons. The lowest BCUT2D eigenvalue weighted by Crippen LogP contribution is -2.33. The molecule has 19 heteroatoms. The van der Waals surface area contributed by atoms with Gasteiger partial charge in [-0.25, -0.2) is 24.4 Å². The van der Waals surface area contributed by atoms with Crippen LogP contribution in [0.25, 0.3) is 11.2 Å². The number of carboxylic acid groups (broad SMARTS) is 1. The fourth-order valence-electron chi connectivity index (χ4n) is 4.68. The van der Waals surface area contributed by atoms with E-state index in [1.807, 2.05) is 0 Å². The number of imidazole rings is 1. The van der Waals surface area contributed by atoms with E-state index in [2.05, 4.69) is 15.0 Å². The third-order valence-corrected chi connectivity index (χ3v) is 10.5. The molecule has 222 valence electrons. The molecule has 0 bridgehead atoms. The van der Waals surface area contributed by atoms with Crippen molar-refractivity contribution < 1.29 is 51.9 Å². The topological polar surface area (TPSA) is 230 Å². The van der Waals surface area contributed by atoms with Gasteiger partial charge in [-0.3, -0.25) is 18.5 Å². The number of nitrogens with one attached hydrogen (secondary N) is 1. The lowest BCUT2D eigenvalue weighted by Gasteiger charge is -2.26. The standard InChI is InChI=1S/C22H27FN6O10P2/c1-22(2)38-15-12(37-19(16(15)39-22)29-10-27-14-17(24)25-9-26-18(14)29)8-36-41(34,35)21(23)40(32,33)28-13(20(30)31)11-6-4-3-5-7-11/h3-7,9-10,12-13,15-16,19,21H,8H2,1-2H3,(H,30,31)(H,34,35)(H2,24,25,26)(H2,28,32,33)/t12?,13-,15?,16?,19?,21+/m1/s1. The zero-order chi connectivity index (χ0) is 29.7. The number of rotatable bonds is 10. The number of nitrogens with two attached hydrogens (primary N) is 1. The van der Waals surface area contributed by atoms with Crippen molar-refractivity contribution >= 4 is 38.1 Å². The summed E-state index contributed by atoms with van der Waals surface area (Å²) in [5, 5.41) is 11.2. The number of halogens is 1. The van der Waals surface area contributed by atoms with Crippen molar-refractivity contribution in [3.05, 3.63) is 48.5 Å². The van der Waals surface area contributed by atoms with E-state index in [-0.39, 0.29) is 11.4 Å². The predicted octanol–water partition coefficient (Wildman–Crippen LogP) is 1.88. The van der Waals surface area contributed by atoms with Gasteiger partial charge in [0.25, 0.3) is 5.65 Å². The predicted molar refractivity (Wildman–Crippen MR) is 138 cm³/mol. The van der Waals surface area contributed by atoms with E-state index in [4.69, 9.17) is 24.5 Å². The first-order valence-corrected chi connectivity index (χ1v) is 15.5. The Morgan fingerprint density at radius 1 is 1.20 bits per heavy atom. The normalized spacial score (nSPS) is 28.0. The molecule has 2 aliphatic heterocycles. The second-order valence-corrected chi connectivity index (χ2v) is 14.0. The molecule has 0 saturated carbocycles. The maximum Gasteiger partial charge on any atom is 0.373 e. The summed E-state index contributed by atoms with van der Waals surface area (Å²) in [4.78, 5) is 44.6. The smallest absolute Gasteiger partial charge is 0.373 e. The monoisotopic (exact) mass is 616 g/mol. The van der Waals surface area contributed by atoms with Gasteiger partial charge in [-0.15, -0.1) is 0 Å². The Balaban J connectivity index is 1.33. The number of carboxylic acids is 1. The van der Waals surface area contributed by atoms with Gasteiger partial charge in [0.2, 0.25) is 0 Å². The number of nitrogen functional groups attached to an aromatic ring is 1. The van der Waals surface area contributed by atoms with Crippen LogP contribution in [-0.4, -0.2) is 76.7 Å². The Kier molecular flexibility index (Phi) is 7.78. The van der Waals surface area contributed by atoms with E-state index >= 15 is 4.39 Å². The third kappa shape index (κ3) is 5.78. The summed E-state index contributed by atoms with van der Waals surface area (Å²) in [5.41, 5.74) is 3.11. The van der Waals surface area contributed by atoms with Gasteiger partial charge in [0.15, 0.2) is 23.5 Å². The van der Waals surface area contributed by atoms with Crippen molar-refractivity contribution in [3.63, 3.8) is 0 Å². The van der Waals surface area contributed by atoms with Gasteiger partial charge in [-0.2, -0.15) is 0 Å². The molecule has 5 rings (SSSR count). The van der Waals surface area contributed by atoms with Gasteiger partial charge in [0.05, 0.1) is 12.9 Å². The Labute approximate surface area is 231 Å². The summed E-state index contributed by atoms with van der Waals surface area (Å²) < 4.78 is 65.0. The minimum Gasteiger partial charge on any atom is -0.480 e. The van der Waals surface area contributed by atoms with Crippen LogP contribution in [0.3, 0.4) is 0 Å². The molecular formula is C22H27FN6O10P2. The SMILES string of the molecule is CC1(C)OC2C(COP(=O)(O)[C@@H](F)P(=O)(O)N[C@@H](C(=O)O)c3ccccc3)OC(n3cnc4c(N)ncnc43)C2O1. The maximum atomic E-state index is 15.1. The second-order valence-electron chi connectivity index (χ2n) is 9.82. The van der Waals surface area contributed by atoms with Crippen LogP contribution in [0.2, 0.25) is 0 Å². The average molecular weight is 616 g/mol. The Morgan fingerprint density at radius 3 is 2.56 bits per heavy atom. The molecule has 8 atom stereocenters. The Bertz CT molecular complexity index is 1540. The summed E-state index contributed by atoms with van der Waals surface area (Å²) in [6.07, 6.45) is -1.09. The quantitative estimate of drug-likeness (QED) is 0.205. The largest absolute Gasteiger partial charge is 0.480 e. The van der Waals surface area contributed by atoms with E-state index in [9.17, 15) is 28.8 Å². The van der Waals surface area contributed by atoms with Crippen molar-refractivity contribution in [2.45, 2.75) is 55.9 Å². The summed E-state index contributed by atoms with van der Waals surface area (Å²) in [6.45, 7) is 2.52. The van der Waals surface area contributed by atoms with Crippen molar-refractivity contribution in [1.82, 2.24) is 24.6 Å². The number of ether oxygens (including phenoxy) is 3. The first-order chi connectivity index (χ1) is 19.2. The van der Waals surface area contributed by atoms with E-state index in [0.717, 1.165) is 0 Å². The molecule has 3 aromatic rings. The van der Waals surface area contributed by atoms with Crippen LogP contribution in [0.4, 0.5) is 10.2 Å². The van der Waals surface area contributed by atoms with Crippen LogP contribution in [-0.2, 0) is 32.7 Å². The number of aliphatic carboxylic acids is 1. The molecule has 2 saturated heterocycles. The van der Waals surface area contributed by atoms with Crippen LogP contribution in [0, 0.1) is 0 Å². The van der Waals surface area contributed by atoms with Gasteiger partial charge in [-0.1, -0.05) is 30.3 Å². The van der Waals surface area contributed by atoms with Crippen LogP contribution in [0.15, 0.2) is 43.0 Å². The molecule has 2 aliphatic rings. The number of fused-ring (bicyclic) bond motifs is 2. The molecule has 2 aromatic heterocycles. The Morgan fingerprint density at radius 2 is 1.88 bits per heavy atom. The fraction of sp³-hybridized carbons (Fsp3) is 0.455. The van der Waals surface area contributed by atoms with Crippen molar-refractivity contribution in [2.24, 2.45) is 0 Å². The van der Waals surface area contributed by atoms with Gasteiger partial charge in [0.1, 0.15) is 36.2 Å². The first-order valence-electron chi connectivity index (χ1n) is 12.1. The molecule has 2 fully saturated rings. The molecule has 6 unspecified atom stereocenters. The highest BCUT2D eigenvalue weighted by atomic mass is 31.2. The van der Waals surface area contributed by atoms with Gasteiger partial charge < -0.3 is 39.4 Å². The lowest BCUT2D eigenvalue weighted by atomic mass is 10.1. The summed E-state index contributed by atoms with van der Waals surface area (Å²) >= 11 is 0. The van der Waals surface area contributed by atoms with Crippen LogP contribution >= 0.6 is 15.1 Å².